The highest BCUT2D eigenvalue weighted by Gasteiger charge is 2.21. The summed E-state index contributed by atoms with van der Waals surface area (Å²) in [6.07, 6.45) is 2.27. The number of aromatic nitrogens is 2. The van der Waals surface area contributed by atoms with Crippen molar-refractivity contribution in [3.63, 3.8) is 0 Å². The molecule has 31 heavy (non-hydrogen) atoms. The number of carboxylic acids is 1. The van der Waals surface area contributed by atoms with Crippen molar-refractivity contribution in [3.8, 4) is 0 Å². The summed E-state index contributed by atoms with van der Waals surface area (Å²) in [5, 5.41) is 9.21. The normalized spacial score (nSPS) is 14.9. The Morgan fingerprint density at radius 2 is 2.03 bits per heavy atom. The Morgan fingerprint density at radius 1 is 1.26 bits per heavy atom. The van der Waals surface area contributed by atoms with Gasteiger partial charge in [0.25, 0.3) is 10.0 Å². The quantitative estimate of drug-likeness (QED) is 0.407. The first-order valence-electron chi connectivity index (χ1n) is 9.15. The van der Waals surface area contributed by atoms with Crippen molar-refractivity contribution in [2.45, 2.75) is 4.90 Å². The summed E-state index contributed by atoms with van der Waals surface area (Å²) >= 11 is 7.31. The molecule has 2 N–H and O–H groups in total. The lowest BCUT2D eigenvalue weighted by molar-refractivity contribution is -0.131. The van der Waals surface area contributed by atoms with Crippen molar-refractivity contribution in [3.05, 3.63) is 47.3 Å². The second-order valence-corrected chi connectivity index (χ2v) is 9.66. The van der Waals surface area contributed by atoms with Crippen LogP contribution in [-0.4, -0.2) is 55.8 Å². The average Bonchev–Trinajstić information content (AvgIpc) is 3.13. The predicted molar refractivity (Wildman–Crippen MR) is 119 cm³/mol. The van der Waals surface area contributed by atoms with Gasteiger partial charge in [-0.25, -0.2) is 18.2 Å². The number of carbonyl (C=O) groups is 1. The minimum atomic E-state index is -3.91. The molecule has 12 heteroatoms. The Labute approximate surface area is 187 Å². The number of morpholine rings is 1. The fourth-order valence-electron chi connectivity index (χ4n) is 3.07. The molecule has 0 aliphatic carbocycles. The van der Waals surface area contributed by atoms with Gasteiger partial charge in [-0.15, -0.1) is 11.3 Å². The Hall–Kier alpha value is -2.73. The van der Waals surface area contributed by atoms with E-state index in [2.05, 4.69) is 14.7 Å². The average molecular weight is 481 g/mol. The molecule has 0 radical (unpaired) electrons. The number of aliphatic carboxylic acids is 1. The molecule has 0 bridgehead atoms. The van der Waals surface area contributed by atoms with E-state index in [9.17, 15) is 13.2 Å². The number of ether oxygens (including phenoxy) is 1. The fraction of sp³-hybridized carbons (Fsp3) is 0.211. The van der Waals surface area contributed by atoms with Crippen LogP contribution in [0.4, 0.5) is 10.8 Å². The van der Waals surface area contributed by atoms with Gasteiger partial charge >= 0.3 is 5.97 Å². The van der Waals surface area contributed by atoms with Crippen LogP contribution in [0.3, 0.4) is 0 Å². The standard InChI is InChI=1S/C19H17ClN4O5S2/c20-19-21-14-11-15(30-17(14)18(22-19)24-6-8-29-9-7-24)23-31(27,28)13-3-1-2-12(10-13)4-5-16(25)26/h1-5,10-11,23H,6-9H2,(H,25,26). The summed E-state index contributed by atoms with van der Waals surface area (Å²) in [6, 6.07) is 7.60. The summed E-state index contributed by atoms with van der Waals surface area (Å²) in [5.74, 6) is -0.470. The van der Waals surface area contributed by atoms with E-state index in [1.54, 1.807) is 18.2 Å². The second-order valence-electron chi connectivity index (χ2n) is 6.59. The molecule has 0 saturated carbocycles. The minimum absolute atomic E-state index is 0.00927. The Bertz CT molecular complexity index is 1270. The molecule has 1 fully saturated rings. The van der Waals surface area contributed by atoms with Crippen LogP contribution in [0.2, 0.25) is 5.28 Å². The van der Waals surface area contributed by atoms with Crippen LogP contribution in [0.1, 0.15) is 5.56 Å². The third-order valence-electron chi connectivity index (χ3n) is 4.46. The van der Waals surface area contributed by atoms with Crippen LogP contribution in [-0.2, 0) is 19.6 Å². The van der Waals surface area contributed by atoms with Crippen LogP contribution in [0.15, 0.2) is 41.3 Å². The molecule has 1 aromatic carbocycles. The maximum Gasteiger partial charge on any atom is 0.328 e. The zero-order valence-corrected chi connectivity index (χ0v) is 18.4. The highest BCUT2D eigenvalue weighted by Crippen LogP contribution is 2.37. The van der Waals surface area contributed by atoms with E-state index < -0.39 is 16.0 Å². The van der Waals surface area contributed by atoms with Gasteiger partial charge in [-0.2, -0.15) is 4.98 Å². The van der Waals surface area contributed by atoms with Crippen LogP contribution < -0.4 is 9.62 Å². The van der Waals surface area contributed by atoms with Gasteiger partial charge in [-0.3, -0.25) is 4.72 Å². The summed E-state index contributed by atoms with van der Waals surface area (Å²) < 4.78 is 34.4. The van der Waals surface area contributed by atoms with Crippen molar-refractivity contribution in [2.75, 3.05) is 35.9 Å². The maximum absolute atomic E-state index is 12.9. The van der Waals surface area contributed by atoms with Crippen molar-refractivity contribution in [1.29, 1.82) is 0 Å². The number of thiophene rings is 1. The molecule has 1 aliphatic heterocycles. The number of hydrogen-bond acceptors (Lipinski definition) is 8. The van der Waals surface area contributed by atoms with Gasteiger partial charge in [0.05, 0.1) is 28.3 Å². The number of rotatable bonds is 6. The molecule has 3 aromatic rings. The van der Waals surface area contributed by atoms with E-state index in [1.807, 2.05) is 4.90 Å². The van der Waals surface area contributed by atoms with Crippen molar-refractivity contribution < 1.29 is 23.1 Å². The van der Waals surface area contributed by atoms with Crippen LogP contribution in [0.25, 0.3) is 16.3 Å². The van der Waals surface area contributed by atoms with Crippen molar-refractivity contribution in [1.82, 2.24) is 9.97 Å². The van der Waals surface area contributed by atoms with Crippen molar-refractivity contribution >= 4 is 66.0 Å². The Kier molecular flexibility index (Phi) is 6.10. The zero-order chi connectivity index (χ0) is 22.0. The van der Waals surface area contributed by atoms with E-state index in [4.69, 9.17) is 21.4 Å². The van der Waals surface area contributed by atoms with Crippen LogP contribution >= 0.6 is 22.9 Å². The molecule has 0 unspecified atom stereocenters. The van der Waals surface area contributed by atoms with Crippen LogP contribution in [0, 0.1) is 0 Å². The number of nitrogens with zero attached hydrogens (tertiary/aromatic N) is 3. The first kappa shape index (κ1) is 21.5. The third-order valence-corrected chi connectivity index (χ3v) is 7.16. The number of anilines is 2. The second kappa shape index (κ2) is 8.79. The highest BCUT2D eigenvalue weighted by molar-refractivity contribution is 7.93. The SMILES string of the molecule is O=C(O)C=Cc1cccc(S(=O)(=O)Nc2cc3nc(Cl)nc(N4CCOCC4)c3s2)c1. The molecule has 0 atom stereocenters. The van der Waals surface area contributed by atoms with Crippen molar-refractivity contribution in [2.24, 2.45) is 0 Å². The molecular formula is C19H17ClN4O5S2. The predicted octanol–water partition coefficient (Wildman–Crippen LogP) is 3.08. The molecule has 3 heterocycles. The summed E-state index contributed by atoms with van der Waals surface area (Å²) in [7, 11) is -3.91. The number of halogens is 1. The Balaban J connectivity index is 1.65. The first-order chi connectivity index (χ1) is 14.8. The minimum Gasteiger partial charge on any atom is -0.478 e. The topological polar surface area (TPSA) is 122 Å². The van der Waals surface area contributed by atoms with Gasteiger partial charge in [0.1, 0.15) is 5.00 Å². The number of fused-ring (bicyclic) bond motifs is 1. The number of nitrogens with one attached hydrogen (secondary N) is 1. The zero-order valence-electron chi connectivity index (χ0n) is 16.0. The summed E-state index contributed by atoms with van der Waals surface area (Å²) in [5.41, 5.74) is 0.996. The molecule has 1 aliphatic rings. The van der Waals surface area contributed by atoms with E-state index in [-0.39, 0.29) is 10.2 Å². The van der Waals surface area contributed by atoms with Gasteiger partial charge in [-0.1, -0.05) is 12.1 Å². The number of hydrogen-bond donors (Lipinski definition) is 2. The van der Waals surface area contributed by atoms with Crippen LogP contribution in [0.5, 0.6) is 0 Å². The fourth-order valence-corrected chi connectivity index (χ4v) is 5.59. The van der Waals surface area contributed by atoms with E-state index >= 15 is 0 Å². The molecule has 2 aromatic heterocycles. The van der Waals surface area contributed by atoms with Gasteiger partial charge in [0, 0.05) is 25.2 Å². The lowest BCUT2D eigenvalue weighted by Crippen LogP contribution is -2.36. The molecule has 9 nitrogen and oxygen atoms in total. The lowest BCUT2D eigenvalue weighted by Gasteiger charge is -2.28. The molecule has 0 amide bonds. The largest absolute Gasteiger partial charge is 0.478 e. The molecular weight excluding hydrogens is 464 g/mol. The van der Waals surface area contributed by atoms with E-state index in [0.29, 0.717) is 48.2 Å². The summed E-state index contributed by atoms with van der Waals surface area (Å²) in [6.45, 7) is 2.44. The van der Waals surface area contributed by atoms with E-state index in [1.165, 1.54) is 29.5 Å². The third kappa shape index (κ3) is 4.96. The van der Waals surface area contributed by atoms with Gasteiger partial charge < -0.3 is 14.7 Å². The monoisotopic (exact) mass is 480 g/mol. The highest BCUT2D eigenvalue weighted by atomic mass is 35.5. The maximum atomic E-state index is 12.9. The Morgan fingerprint density at radius 3 is 2.77 bits per heavy atom. The van der Waals surface area contributed by atoms with Gasteiger partial charge in [0.2, 0.25) is 5.28 Å². The lowest BCUT2D eigenvalue weighted by atomic mass is 10.2. The smallest absolute Gasteiger partial charge is 0.328 e. The summed E-state index contributed by atoms with van der Waals surface area (Å²) in [4.78, 5) is 21.3. The molecule has 0 spiro atoms. The molecule has 4 rings (SSSR count). The molecule has 162 valence electrons. The van der Waals surface area contributed by atoms with Gasteiger partial charge in [-0.05, 0) is 35.4 Å². The van der Waals surface area contributed by atoms with Gasteiger partial charge in [0.15, 0.2) is 5.82 Å². The number of sulfonamides is 1. The molecule has 1 saturated heterocycles. The van der Waals surface area contributed by atoms with E-state index in [0.717, 1.165) is 10.8 Å². The number of benzene rings is 1. The number of carboxylic acid groups (broad SMARTS) is 1. The first-order valence-corrected chi connectivity index (χ1v) is 11.8.